The molecule has 0 aliphatic carbocycles. The Morgan fingerprint density at radius 3 is 1.90 bits per heavy atom. The van der Waals surface area contributed by atoms with Crippen LogP contribution in [-0.4, -0.2) is 38.7 Å². The van der Waals surface area contributed by atoms with Crippen LogP contribution in [0.2, 0.25) is 0 Å². The SMILES string of the molecule is CC1C(CSc2nc(-c3ccccc3)c(-c3ccccc3)o2)OC(c2ccc(CN3C(=O)c4ccccc4C3=O)cc2)OC1c1ccc(CO)cc1. The van der Waals surface area contributed by atoms with Gasteiger partial charge in [0.1, 0.15) is 5.69 Å². The molecule has 8 rings (SSSR count). The molecule has 9 heteroatoms. The van der Waals surface area contributed by atoms with Gasteiger partial charge in [0, 0.05) is 28.4 Å². The van der Waals surface area contributed by atoms with Crippen LogP contribution in [0, 0.1) is 5.92 Å². The van der Waals surface area contributed by atoms with Crippen molar-refractivity contribution in [3.05, 3.63) is 167 Å². The van der Waals surface area contributed by atoms with E-state index in [9.17, 15) is 14.7 Å². The number of aliphatic hydroxyl groups excluding tert-OH is 1. The second kappa shape index (κ2) is 14.7. The molecule has 0 radical (unpaired) electrons. The topological polar surface area (TPSA) is 102 Å². The van der Waals surface area contributed by atoms with Crippen LogP contribution in [0.5, 0.6) is 0 Å². The molecule has 0 bridgehead atoms. The number of thioether (sulfide) groups is 1. The number of ether oxygens (including phenoxy) is 2. The van der Waals surface area contributed by atoms with Crippen LogP contribution in [0.1, 0.15) is 62.3 Å². The Morgan fingerprint density at radius 2 is 1.27 bits per heavy atom. The first-order valence-corrected chi connectivity index (χ1v) is 18.2. The van der Waals surface area contributed by atoms with Crippen LogP contribution >= 0.6 is 11.8 Å². The number of hydrogen-bond acceptors (Lipinski definition) is 8. The number of aromatic nitrogens is 1. The van der Waals surface area contributed by atoms with E-state index in [4.69, 9.17) is 18.9 Å². The minimum absolute atomic E-state index is 0.0334. The summed E-state index contributed by atoms with van der Waals surface area (Å²) >= 11 is 1.51. The fourth-order valence-electron chi connectivity index (χ4n) is 6.75. The highest BCUT2D eigenvalue weighted by atomic mass is 32.2. The number of aliphatic hydroxyl groups is 1. The molecule has 5 aromatic carbocycles. The fraction of sp³-hybridized carbons (Fsp3) is 0.186. The second-order valence-electron chi connectivity index (χ2n) is 13.0. The van der Waals surface area contributed by atoms with Crippen LogP contribution in [0.25, 0.3) is 22.6 Å². The van der Waals surface area contributed by atoms with Gasteiger partial charge in [0.15, 0.2) is 12.1 Å². The molecule has 1 fully saturated rings. The lowest BCUT2D eigenvalue weighted by Gasteiger charge is -2.41. The van der Waals surface area contributed by atoms with E-state index in [0.717, 1.165) is 44.8 Å². The number of carbonyl (C=O) groups excluding carboxylic acids is 2. The number of hydrogen-bond donors (Lipinski definition) is 1. The zero-order valence-electron chi connectivity index (χ0n) is 28.4. The van der Waals surface area contributed by atoms with E-state index < -0.39 is 6.29 Å². The van der Waals surface area contributed by atoms with Gasteiger partial charge in [0.2, 0.25) is 0 Å². The van der Waals surface area contributed by atoms with Gasteiger partial charge in [-0.3, -0.25) is 14.5 Å². The third-order valence-electron chi connectivity index (χ3n) is 9.66. The average molecular weight is 709 g/mol. The summed E-state index contributed by atoms with van der Waals surface area (Å²) in [7, 11) is 0. The molecular weight excluding hydrogens is 673 g/mol. The number of fused-ring (bicyclic) bond motifs is 1. The molecule has 2 amide bonds. The lowest BCUT2D eigenvalue weighted by Crippen LogP contribution is -2.38. The first-order chi connectivity index (χ1) is 25.5. The number of imide groups is 1. The molecule has 4 atom stereocenters. The zero-order valence-corrected chi connectivity index (χ0v) is 29.2. The number of amides is 2. The maximum Gasteiger partial charge on any atom is 0.261 e. The molecule has 4 unspecified atom stereocenters. The van der Waals surface area contributed by atoms with E-state index in [1.54, 1.807) is 24.3 Å². The standard InChI is InChI=1S/C43H36N2O6S/c1-27-36(26-52-43-44-37(30-10-4-2-5-11-30)39(51-43)31-12-6-3-7-13-31)49-42(50-38(27)32-20-18-29(25-46)19-21-32)33-22-16-28(17-23-33)24-45-40(47)34-14-8-9-15-35(34)41(45)48/h2-23,27,36,38,42,46H,24-26H2,1H3. The van der Waals surface area contributed by atoms with Gasteiger partial charge < -0.3 is 19.0 Å². The van der Waals surface area contributed by atoms with Crippen LogP contribution in [-0.2, 0) is 22.6 Å². The van der Waals surface area contributed by atoms with Crippen LogP contribution < -0.4 is 0 Å². The highest BCUT2D eigenvalue weighted by Gasteiger charge is 2.39. The van der Waals surface area contributed by atoms with Crippen molar-refractivity contribution < 1.29 is 28.6 Å². The van der Waals surface area contributed by atoms with Crippen molar-refractivity contribution in [1.82, 2.24) is 9.88 Å². The molecule has 3 heterocycles. The molecule has 8 nitrogen and oxygen atoms in total. The number of oxazole rings is 1. The molecule has 260 valence electrons. The first-order valence-electron chi connectivity index (χ1n) is 17.3. The van der Waals surface area contributed by atoms with Crippen molar-refractivity contribution in [3.63, 3.8) is 0 Å². The van der Waals surface area contributed by atoms with Gasteiger partial charge in [-0.2, -0.15) is 0 Å². The van der Waals surface area contributed by atoms with Gasteiger partial charge in [-0.05, 0) is 28.8 Å². The molecular formula is C43H36N2O6S. The first kappa shape index (κ1) is 33.8. The summed E-state index contributed by atoms with van der Waals surface area (Å²) in [6, 6.07) is 42.4. The summed E-state index contributed by atoms with van der Waals surface area (Å²) < 4.78 is 19.8. The van der Waals surface area contributed by atoms with Gasteiger partial charge in [-0.25, -0.2) is 4.98 Å². The lowest BCUT2D eigenvalue weighted by atomic mass is 9.91. The van der Waals surface area contributed by atoms with Gasteiger partial charge in [-0.15, -0.1) is 0 Å². The summed E-state index contributed by atoms with van der Waals surface area (Å²) in [6.07, 6.45) is -1.21. The number of nitrogens with zero attached hydrogens (tertiary/aromatic N) is 2. The molecule has 1 N–H and O–H groups in total. The molecule has 2 aliphatic rings. The summed E-state index contributed by atoms with van der Waals surface area (Å²) in [5, 5.41) is 10.2. The van der Waals surface area contributed by atoms with Gasteiger partial charge in [0.25, 0.3) is 17.0 Å². The van der Waals surface area contributed by atoms with E-state index in [1.807, 2.05) is 109 Å². The average Bonchev–Trinajstić information content (AvgIpc) is 3.74. The highest BCUT2D eigenvalue weighted by molar-refractivity contribution is 7.99. The van der Waals surface area contributed by atoms with Crippen LogP contribution in [0.4, 0.5) is 0 Å². The third-order valence-corrected chi connectivity index (χ3v) is 10.6. The second-order valence-corrected chi connectivity index (χ2v) is 14.0. The molecule has 1 saturated heterocycles. The zero-order chi connectivity index (χ0) is 35.6. The predicted molar refractivity (Wildman–Crippen MR) is 198 cm³/mol. The third kappa shape index (κ3) is 6.71. The predicted octanol–water partition coefficient (Wildman–Crippen LogP) is 8.88. The fourth-order valence-corrected chi connectivity index (χ4v) is 7.73. The largest absolute Gasteiger partial charge is 0.431 e. The number of rotatable bonds is 10. The summed E-state index contributed by atoms with van der Waals surface area (Å²) in [4.78, 5) is 32.2. The maximum absolute atomic E-state index is 13.0. The Morgan fingerprint density at radius 1 is 0.692 bits per heavy atom. The maximum atomic E-state index is 13.0. The molecule has 2 aliphatic heterocycles. The lowest BCUT2D eigenvalue weighted by molar-refractivity contribution is -0.268. The summed E-state index contributed by atoms with van der Waals surface area (Å²) in [5.74, 6) is 0.675. The minimum Gasteiger partial charge on any atom is -0.431 e. The Kier molecular flexibility index (Phi) is 9.58. The molecule has 0 saturated carbocycles. The van der Waals surface area contributed by atoms with Crippen LogP contribution in [0.15, 0.2) is 143 Å². The summed E-state index contributed by atoms with van der Waals surface area (Å²) in [5.41, 5.74) is 7.04. The smallest absolute Gasteiger partial charge is 0.261 e. The van der Waals surface area contributed by atoms with E-state index in [-0.39, 0.29) is 43.1 Å². The molecule has 0 spiro atoms. The van der Waals surface area contributed by atoms with E-state index in [1.165, 1.54) is 16.7 Å². The Labute approximate surface area is 306 Å². The van der Waals surface area contributed by atoms with Gasteiger partial charge >= 0.3 is 0 Å². The van der Waals surface area contributed by atoms with Gasteiger partial charge in [0.05, 0.1) is 36.5 Å². The van der Waals surface area contributed by atoms with E-state index in [0.29, 0.717) is 22.1 Å². The van der Waals surface area contributed by atoms with Crippen LogP contribution in [0.3, 0.4) is 0 Å². The van der Waals surface area contributed by atoms with E-state index >= 15 is 0 Å². The van der Waals surface area contributed by atoms with Crippen molar-refractivity contribution in [2.45, 2.75) is 43.8 Å². The normalized spacial score (nSPS) is 19.9. The molecule has 6 aromatic rings. The van der Waals surface area contributed by atoms with Gasteiger partial charge in [-0.1, -0.05) is 140 Å². The van der Waals surface area contributed by atoms with Crippen molar-refractivity contribution in [2.24, 2.45) is 5.92 Å². The molecule has 52 heavy (non-hydrogen) atoms. The monoisotopic (exact) mass is 708 g/mol. The van der Waals surface area contributed by atoms with Crippen molar-refractivity contribution in [2.75, 3.05) is 5.75 Å². The molecule has 1 aromatic heterocycles. The number of carbonyl (C=O) groups is 2. The minimum atomic E-state index is -0.679. The van der Waals surface area contributed by atoms with E-state index in [2.05, 4.69) is 6.92 Å². The number of benzene rings is 5. The Hall–Kier alpha value is -5.32. The highest BCUT2D eigenvalue weighted by Crippen LogP contribution is 2.44. The quantitative estimate of drug-likeness (QED) is 0.111. The Balaban J connectivity index is 1.04. The van der Waals surface area contributed by atoms with Crippen molar-refractivity contribution >= 4 is 23.6 Å². The van der Waals surface area contributed by atoms with Crippen molar-refractivity contribution in [1.29, 1.82) is 0 Å². The Bertz CT molecular complexity index is 2100. The summed E-state index contributed by atoms with van der Waals surface area (Å²) in [6.45, 7) is 2.25. The van der Waals surface area contributed by atoms with Crippen molar-refractivity contribution in [3.8, 4) is 22.6 Å².